The van der Waals surface area contributed by atoms with Crippen molar-refractivity contribution >= 4 is 5.78 Å². The molecule has 0 aliphatic heterocycles. The van der Waals surface area contributed by atoms with Gasteiger partial charge in [-0.3, -0.25) is 4.79 Å². The van der Waals surface area contributed by atoms with Crippen LogP contribution in [0.5, 0.6) is 11.5 Å². The smallest absolute Gasteiger partial charge is 0.163 e. The number of hydrogen-bond acceptors (Lipinski definition) is 3. The number of ketones is 1. The standard InChI is InChI=1S/C18H28O3/c1-5-6-7-8-9-10-11-16(19)15-13-18(21-4)17(20-3)12-14(15)2/h12-13H,5-11H2,1-4H3. The molecule has 1 aromatic rings. The molecule has 3 heteroatoms. The van der Waals surface area contributed by atoms with Crippen molar-refractivity contribution in [2.75, 3.05) is 14.2 Å². The minimum Gasteiger partial charge on any atom is -0.493 e. The summed E-state index contributed by atoms with van der Waals surface area (Å²) in [6, 6.07) is 3.67. The minimum absolute atomic E-state index is 0.198. The molecule has 0 saturated carbocycles. The van der Waals surface area contributed by atoms with E-state index in [4.69, 9.17) is 9.47 Å². The zero-order valence-electron chi connectivity index (χ0n) is 13.8. The Morgan fingerprint density at radius 3 is 2.14 bits per heavy atom. The van der Waals surface area contributed by atoms with E-state index in [-0.39, 0.29) is 5.78 Å². The summed E-state index contributed by atoms with van der Waals surface area (Å²) in [7, 11) is 3.20. The summed E-state index contributed by atoms with van der Waals surface area (Å²) in [5, 5.41) is 0. The van der Waals surface area contributed by atoms with E-state index in [1.54, 1.807) is 20.3 Å². The highest BCUT2D eigenvalue weighted by Gasteiger charge is 2.14. The van der Waals surface area contributed by atoms with E-state index in [1.165, 1.54) is 25.7 Å². The second-order valence-corrected chi connectivity index (χ2v) is 5.46. The third-order valence-electron chi connectivity index (χ3n) is 3.79. The third kappa shape index (κ3) is 5.41. The Bertz CT molecular complexity index is 452. The number of methoxy groups -OCH3 is 2. The molecule has 0 amide bonds. The molecule has 0 unspecified atom stereocenters. The summed E-state index contributed by atoms with van der Waals surface area (Å²) < 4.78 is 10.5. The number of unbranched alkanes of at least 4 members (excludes halogenated alkanes) is 5. The Morgan fingerprint density at radius 2 is 1.52 bits per heavy atom. The summed E-state index contributed by atoms with van der Waals surface area (Å²) in [6.07, 6.45) is 7.77. The van der Waals surface area contributed by atoms with Crippen LogP contribution in [0.2, 0.25) is 0 Å². The molecule has 0 atom stereocenters. The number of carbonyl (C=O) groups is 1. The maximum Gasteiger partial charge on any atom is 0.163 e. The van der Waals surface area contributed by atoms with Gasteiger partial charge in [0.05, 0.1) is 14.2 Å². The van der Waals surface area contributed by atoms with E-state index in [0.717, 1.165) is 24.0 Å². The van der Waals surface area contributed by atoms with E-state index in [2.05, 4.69) is 6.92 Å². The molecule has 1 rings (SSSR count). The average Bonchev–Trinajstić information content (AvgIpc) is 2.50. The van der Waals surface area contributed by atoms with Gasteiger partial charge in [0, 0.05) is 12.0 Å². The van der Waals surface area contributed by atoms with Crippen molar-refractivity contribution in [3.05, 3.63) is 23.3 Å². The lowest BCUT2D eigenvalue weighted by Crippen LogP contribution is -2.03. The van der Waals surface area contributed by atoms with Gasteiger partial charge in [-0.2, -0.15) is 0 Å². The van der Waals surface area contributed by atoms with E-state index in [1.807, 2.05) is 13.0 Å². The summed E-state index contributed by atoms with van der Waals surface area (Å²) in [6.45, 7) is 4.15. The number of benzene rings is 1. The molecular formula is C18H28O3. The Morgan fingerprint density at radius 1 is 0.952 bits per heavy atom. The SMILES string of the molecule is CCCCCCCCC(=O)c1cc(OC)c(OC)cc1C. The van der Waals surface area contributed by atoms with Gasteiger partial charge in [0.15, 0.2) is 17.3 Å². The van der Waals surface area contributed by atoms with E-state index in [9.17, 15) is 4.79 Å². The maximum atomic E-state index is 12.3. The Kier molecular flexibility index (Phi) is 7.88. The average molecular weight is 292 g/mol. The van der Waals surface area contributed by atoms with Crippen LogP contribution >= 0.6 is 0 Å². The number of carbonyl (C=O) groups excluding carboxylic acids is 1. The normalized spacial score (nSPS) is 10.5. The Hall–Kier alpha value is -1.51. The van der Waals surface area contributed by atoms with Crippen LogP contribution in [-0.2, 0) is 0 Å². The van der Waals surface area contributed by atoms with Gasteiger partial charge in [0.2, 0.25) is 0 Å². The van der Waals surface area contributed by atoms with E-state index >= 15 is 0 Å². The fraction of sp³-hybridized carbons (Fsp3) is 0.611. The van der Waals surface area contributed by atoms with Crippen molar-refractivity contribution in [2.45, 2.75) is 58.8 Å². The number of hydrogen-bond donors (Lipinski definition) is 0. The quantitative estimate of drug-likeness (QED) is 0.452. The van der Waals surface area contributed by atoms with Gasteiger partial charge in [-0.1, -0.05) is 39.0 Å². The van der Waals surface area contributed by atoms with Crippen LogP contribution in [-0.4, -0.2) is 20.0 Å². The van der Waals surface area contributed by atoms with E-state index in [0.29, 0.717) is 17.9 Å². The molecular weight excluding hydrogens is 264 g/mol. The molecule has 0 N–H and O–H groups in total. The first-order valence-corrected chi connectivity index (χ1v) is 7.89. The van der Waals surface area contributed by atoms with Gasteiger partial charge in [-0.05, 0) is 31.0 Å². The first-order valence-electron chi connectivity index (χ1n) is 7.89. The monoisotopic (exact) mass is 292 g/mol. The van der Waals surface area contributed by atoms with Gasteiger partial charge >= 0.3 is 0 Å². The number of rotatable bonds is 10. The highest BCUT2D eigenvalue weighted by atomic mass is 16.5. The van der Waals surface area contributed by atoms with Crippen LogP contribution in [0.4, 0.5) is 0 Å². The molecule has 1 aromatic carbocycles. The molecule has 0 radical (unpaired) electrons. The van der Waals surface area contributed by atoms with Crippen molar-refractivity contribution < 1.29 is 14.3 Å². The van der Waals surface area contributed by atoms with Gasteiger partial charge in [-0.15, -0.1) is 0 Å². The molecule has 0 fully saturated rings. The second-order valence-electron chi connectivity index (χ2n) is 5.46. The third-order valence-corrected chi connectivity index (χ3v) is 3.79. The molecule has 0 aliphatic rings. The van der Waals surface area contributed by atoms with Crippen LogP contribution in [0, 0.1) is 6.92 Å². The Labute approximate surface area is 128 Å². The predicted molar refractivity (Wildman–Crippen MR) is 86.6 cm³/mol. The molecule has 3 nitrogen and oxygen atoms in total. The molecule has 0 spiro atoms. The fourth-order valence-electron chi connectivity index (χ4n) is 2.48. The first kappa shape index (κ1) is 17.5. The first-order chi connectivity index (χ1) is 10.1. The van der Waals surface area contributed by atoms with Crippen LogP contribution in [0.1, 0.15) is 67.8 Å². The zero-order chi connectivity index (χ0) is 15.7. The van der Waals surface area contributed by atoms with Crippen molar-refractivity contribution in [2.24, 2.45) is 0 Å². The largest absolute Gasteiger partial charge is 0.493 e. The lowest BCUT2D eigenvalue weighted by Gasteiger charge is -2.12. The number of ether oxygens (including phenoxy) is 2. The molecule has 0 aliphatic carbocycles. The zero-order valence-corrected chi connectivity index (χ0v) is 13.8. The number of aryl methyl sites for hydroxylation is 1. The fourth-order valence-corrected chi connectivity index (χ4v) is 2.48. The summed E-state index contributed by atoms with van der Waals surface area (Å²) in [5.41, 5.74) is 1.70. The molecule has 0 saturated heterocycles. The van der Waals surface area contributed by atoms with Crippen molar-refractivity contribution in [1.82, 2.24) is 0 Å². The van der Waals surface area contributed by atoms with Gasteiger partial charge < -0.3 is 9.47 Å². The predicted octanol–water partition coefficient (Wildman–Crippen LogP) is 4.95. The lowest BCUT2D eigenvalue weighted by molar-refractivity contribution is 0.0978. The minimum atomic E-state index is 0.198. The molecule has 118 valence electrons. The highest BCUT2D eigenvalue weighted by molar-refractivity contribution is 5.98. The molecule has 0 bridgehead atoms. The highest BCUT2D eigenvalue weighted by Crippen LogP contribution is 2.31. The van der Waals surface area contributed by atoms with Crippen molar-refractivity contribution in [1.29, 1.82) is 0 Å². The number of Topliss-reactive ketones (excluding diaryl/α,β-unsaturated/α-hetero) is 1. The van der Waals surface area contributed by atoms with Crippen LogP contribution in [0.3, 0.4) is 0 Å². The molecule has 0 aromatic heterocycles. The van der Waals surface area contributed by atoms with Gasteiger partial charge in [0.25, 0.3) is 0 Å². The summed E-state index contributed by atoms with van der Waals surface area (Å²) >= 11 is 0. The van der Waals surface area contributed by atoms with Gasteiger partial charge in [-0.25, -0.2) is 0 Å². The topological polar surface area (TPSA) is 35.5 Å². The van der Waals surface area contributed by atoms with E-state index < -0.39 is 0 Å². The maximum absolute atomic E-state index is 12.3. The van der Waals surface area contributed by atoms with Gasteiger partial charge in [0.1, 0.15) is 0 Å². The van der Waals surface area contributed by atoms with Crippen molar-refractivity contribution in [3.8, 4) is 11.5 Å². The summed E-state index contributed by atoms with van der Waals surface area (Å²) in [5.74, 6) is 1.49. The van der Waals surface area contributed by atoms with Crippen LogP contribution in [0.25, 0.3) is 0 Å². The van der Waals surface area contributed by atoms with Crippen LogP contribution in [0.15, 0.2) is 12.1 Å². The molecule has 21 heavy (non-hydrogen) atoms. The molecule has 0 heterocycles. The second kappa shape index (κ2) is 9.43. The van der Waals surface area contributed by atoms with Crippen molar-refractivity contribution in [3.63, 3.8) is 0 Å². The van der Waals surface area contributed by atoms with Crippen LogP contribution < -0.4 is 9.47 Å². The summed E-state index contributed by atoms with van der Waals surface area (Å²) in [4.78, 5) is 12.3. The lowest BCUT2D eigenvalue weighted by atomic mass is 9.99. The Balaban J connectivity index is 2.57.